The van der Waals surface area contributed by atoms with Crippen LogP contribution in [0.3, 0.4) is 0 Å². The minimum Gasteiger partial charge on any atom is -0.390 e. The number of hydrogen-bond acceptors (Lipinski definition) is 4. The van der Waals surface area contributed by atoms with Gasteiger partial charge in [0.2, 0.25) is 0 Å². The molecule has 0 bridgehead atoms. The normalized spacial score (nSPS) is 21.7. The Bertz CT molecular complexity index is 316. The van der Waals surface area contributed by atoms with E-state index < -0.39 is 0 Å². The zero-order chi connectivity index (χ0) is 10.7. The molecule has 4 nitrogen and oxygen atoms in total. The second-order valence-electron chi connectivity index (χ2n) is 4.06. The predicted octanol–water partition coefficient (Wildman–Crippen LogP) is 1.11. The van der Waals surface area contributed by atoms with Crippen molar-refractivity contribution < 1.29 is 5.11 Å². The Hall–Kier alpha value is -0.100. The average molecular weight is 317 g/mol. The molecule has 1 aromatic heterocycles. The van der Waals surface area contributed by atoms with Crippen LogP contribution >= 0.6 is 37.2 Å². The van der Waals surface area contributed by atoms with Gasteiger partial charge in [0.05, 0.1) is 6.10 Å². The van der Waals surface area contributed by atoms with Gasteiger partial charge in [0, 0.05) is 38.1 Å². The molecule has 2 N–H and O–H groups in total. The smallest absolute Gasteiger partial charge is 0.0831 e. The van der Waals surface area contributed by atoms with E-state index in [1.165, 1.54) is 5.56 Å². The third kappa shape index (κ3) is 5.26. The first kappa shape index (κ1) is 20.2. The quantitative estimate of drug-likeness (QED) is 0.877. The molecule has 1 fully saturated rings. The molecule has 1 saturated heterocycles. The SMILES string of the molecule is CN(Cc1ccncc1)C1CNCC1O.Cl.Cl.Cl. The fourth-order valence-corrected chi connectivity index (χ4v) is 1.99. The van der Waals surface area contributed by atoms with Crippen molar-refractivity contribution >= 4 is 37.2 Å². The number of rotatable bonds is 3. The molecule has 2 heterocycles. The molecule has 1 aliphatic rings. The summed E-state index contributed by atoms with van der Waals surface area (Å²) in [5.41, 5.74) is 1.23. The number of nitrogens with one attached hydrogen (secondary N) is 1. The van der Waals surface area contributed by atoms with Gasteiger partial charge in [0.15, 0.2) is 0 Å². The zero-order valence-corrected chi connectivity index (χ0v) is 12.6. The summed E-state index contributed by atoms with van der Waals surface area (Å²) >= 11 is 0. The molecule has 0 amide bonds. The van der Waals surface area contributed by atoms with Gasteiger partial charge in [-0.05, 0) is 24.7 Å². The molecule has 0 aromatic carbocycles. The summed E-state index contributed by atoms with van der Waals surface area (Å²) in [6.45, 7) is 2.42. The van der Waals surface area contributed by atoms with Crippen LogP contribution in [0.25, 0.3) is 0 Å². The lowest BCUT2D eigenvalue weighted by atomic mass is 10.1. The highest BCUT2D eigenvalue weighted by Gasteiger charge is 2.28. The number of pyridine rings is 1. The van der Waals surface area contributed by atoms with Crippen molar-refractivity contribution in [2.75, 3.05) is 20.1 Å². The lowest BCUT2D eigenvalue weighted by Gasteiger charge is -2.26. The molecule has 0 saturated carbocycles. The van der Waals surface area contributed by atoms with Gasteiger partial charge in [-0.2, -0.15) is 0 Å². The van der Waals surface area contributed by atoms with Gasteiger partial charge in [-0.15, -0.1) is 37.2 Å². The molecule has 18 heavy (non-hydrogen) atoms. The third-order valence-corrected chi connectivity index (χ3v) is 2.90. The lowest BCUT2D eigenvalue weighted by Crippen LogP contribution is -2.40. The van der Waals surface area contributed by atoms with E-state index in [-0.39, 0.29) is 49.4 Å². The van der Waals surface area contributed by atoms with E-state index in [1.807, 2.05) is 19.2 Å². The third-order valence-electron chi connectivity index (χ3n) is 2.90. The fraction of sp³-hybridized carbons (Fsp3) is 0.545. The number of hydrogen-bond donors (Lipinski definition) is 2. The number of aliphatic hydroxyl groups excluding tert-OH is 1. The van der Waals surface area contributed by atoms with Gasteiger partial charge >= 0.3 is 0 Å². The van der Waals surface area contributed by atoms with Crippen LogP contribution in [0.1, 0.15) is 5.56 Å². The van der Waals surface area contributed by atoms with E-state index in [0.29, 0.717) is 6.54 Å². The van der Waals surface area contributed by atoms with E-state index in [0.717, 1.165) is 13.1 Å². The van der Waals surface area contributed by atoms with Crippen LogP contribution in [0.4, 0.5) is 0 Å². The van der Waals surface area contributed by atoms with Crippen molar-refractivity contribution in [3.8, 4) is 0 Å². The largest absolute Gasteiger partial charge is 0.390 e. The Morgan fingerprint density at radius 1 is 1.28 bits per heavy atom. The maximum absolute atomic E-state index is 9.72. The maximum Gasteiger partial charge on any atom is 0.0831 e. The topological polar surface area (TPSA) is 48.4 Å². The molecular weight excluding hydrogens is 296 g/mol. The number of β-amino-alcohol motifs (C(OH)–C–C–N with tert-alkyl or cyclic N) is 1. The van der Waals surface area contributed by atoms with Crippen molar-refractivity contribution in [3.05, 3.63) is 30.1 Å². The van der Waals surface area contributed by atoms with E-state index in [2.05, 4.69) is 15.2 Å². The number of likely N-dealkylation sites (N-methyl/N-ethyl adjacent to an activating group) is 1. The van der Waals surface area contributed by atoms with Gasteiger partial charge in [-0.25, -0.2) is 0 Å². The molecule has 2 atom stereocenters. The Morgan fingerprint density at radius 2 is 1.89 bits per heavy atom. The monoisotopic (exact) mass is 315 g/mol. The van der Waals surface area contributed by atoms with Crippen LogP contribution in [0.15, 0.2) is 24.5 Å². The fourth-order valence-electron chi connectivity index (χ4n) is 1.99. The minimum atomic E-state index is -0.253. The van der Waals surface area contributed by atoms with Crippen molar-refractivity contribution in [3.63, 3.8) is 0 Å². The summed E-state index contributed by atoms with van der Waals surface area (Å²) in [6.07, 6.45) is 3.34. The van der Waals surface area contributed by atoms with Crippen molar-refractivity contribution in [1.29, 1.82) is 0 Å². The van der Waals surface area contributed by atoms with Crippen LogP contribution in [0.5, 0.6) is 0 Å². The summed E-state index contributed by atoms with van der Waals surface area (Å²) in [6, 6.07) is 4.23. The van der Waals surface area contributed by atoms with E-state index >= 15 is 0 Å². The standard InChI is InChI=1S/C11H17N3O.3ClH/c1-14(10-6-13-7-11(10)15)8-9-2-4-12-5-3-9;;;/h2-5,10-11,13,15H,6-8H2,1H3;3*1H. The van der Waals surface area contributed by atoms with Crippen LogP contribution in [-0.2, 0) is 6.54 Å². The van der Waals surface area contributed by atoms with Gasteiger partial charge < -0.3 is 10.4 Å². The number of aromatic nitrogens is 1. The number of halogens is 3. The second kappa shape index (κ2) is 9.78. The minimum absolute atomic E-state index is 0. The first-order valence-electron chi connectivity index (χ1n) is 5.25. The zero-order valence-electron chi connectivity index (χ0n) is 10.2. The average Bonchev–Trinajstić information content (AvgIpc) is 2.66. The number of aliphatic hydroxyl groups is 1. The maximum atomic E-state index is 9.72. The molecule has 2 unspecified atom stereocenters. The van der Waals surface area contributed by atoms with Crippen molar-refractivity contribution in [1.82, 2.24) is 15.2 Å². The van der Waals surface area contributed by atoms with Gasteiger partial charge in [-0.3, -0.25) is 9.88 Å². The highest BCUT2D eigenvalue weighted by atomic mass is 35.5. The predicted molar refractivity (Wildman–Crippen MR) is 80.1 cm³/mol. The Kier molecular flexibility index (Phi) is 11.0. The highest BCUT2D eigenvalue weighted by molar-refractivity contribution is 5.86. The Balaban J connectivity index is 0. The summed E-state index contributed by atoms with van der Waals surface area (Å²) in [5.74, 6) is 0. The molecule has 1 aliphatic heterocycles. The van der Waals surface area contributed by atoms with Crippen LogP contribution in [0.2, 0.25) is 0 Å². The summed E-state index contributed by atoms with van der Waals surface area (Å²) in [4.78, 5) is 6.17. The van der Waals surface area contributed by atoms with E-state index in [4.69, 9.17) is 0 Å². The molecule has 0 aliphatic carbocycles. The second-order valence-corrected chi connectivity index (χ2v) is 4.06. The molecule has 0 spiro atoms. The highest BCUT2D eigenvalue weighted by Crippen LogP contribution is 2.11. The van der Waals surface area contributed by atoms with Gasteiger partial charge in [-0.1, -0.05) is 0 Å². The molecule has 106 valence electrons. The van der Waals surface area contributed by atoms with Crippen LogP contribution in [-0.4, -0.2) is 47.3 Å². The number of nitrogens with zero attached hydrogens (tertiary/aromatic N) is 2. The van der Waals surface area contributed by atoms with Crippen molar-refractivity contribution in [2.24, 2.45) is 0 Å². The van der Waals surface area contributed by atoms with E-state index in [9.17, 15) is 5.11 Å². The van der Waals surface area contributed by atoms with Crippen LogP contribution in [0, 0.1) is 0 Å². The Labute approximate surface area is 126 Å². The van der Waals surface area contributed by atoms with Crippen molar-refractivity contribution in [2.45, 2.75) is 18.7 Å². The molecule has 2 rings (SSSR count). The van der Waals surface area contributed by atoms with Gasteiger partial charge in [0.1, 0.15) is 0 Å². The first-order valence-corrected chi connectivity index (χ1v) is 5.25. The Morgan fingerprint density at radius 3 is 2.39 bits per heavy atom. The summed E-state index contributed by atoms with van der Waals surface area (Å²) in [7, 11) is 2.04. The first-order chi connectivity index (χ1) is 7.27. The van der Waals surface area contributed by atoms with Crippen LogP contribution < -0.4 is 5.32 Å². The molecule has 7 heteroatoms. The molecule has 1 aromatic rings. The van der Waals surface area contributed by atoms with E-state index in [1.54, 1.807) is 12.4 Å². The molecule has 0 radical (unpaired) electrons. The summed E-state index contributed by atoms with van der Waals surface area (Å²) in [5, 5.41) is 12.9. The lowest BCUT2D eigenvalue weighted by molar-refractivity contribution is 0.0955. The van der Waals surface area contributed by atoms with Gasteiger partial charge in [0.25, 0.3) is 0 Å². The molecular formula is C11H20Cl3N3O. The summed E-state index contributed by atoms with van der Waals surface area (Å²) < 4.78 is 0.